The summed E-state index contributed by atoms with van der Waals surface area (Å²) in [5, 5.41) is 22.4. The molecule has 5 atom stereocenters. The molecule has 5 rings (SSSR count). The van der Waals surface area contributed by atoms with Gasteiger partial charge in [0.25, 0.3) is 0 Å². The van der Waals surface area contributed by atoms with E-state index in [1.165, 1.54) is 43.5 Å². The van der Waals surface area contributed by atoms with Gasteiger partial charge >= 0.3 is 11.6 Å². The van der Waals surface area contributed by atoms with Crippen LogP contribution in [0.4, 0.5) is 5.69 Å². The molecule has 0 radical (unpaired) electrons. The molecule has 1 fully saturated rings. The number of benzene rings is 1. The van der Waals surface area contributed by atoms with Gasteiger partial charge in [-0.05, 0) is 44.7 Å². The van der Waals surface area contributed by atoms with Gasteiger partial charge in [-0.2, -0.15) is 0 Å². The number of hydrogen-bond donors (Lipinski definition) is 2. The highest BCUT2D eigenvalue weighted by atomic mass is 16.5. The Bertz CT molecular complexity index is 1520. The normalized spacial score (nSPS) is 25.3. The molecule has 10 nitrogen and oxygen atoms in total. The molecular weight excluding hydrogens is 504 g/mol. The Kier molecular flexibility index (Phi) is 6.58. The molecule has 0 amide bonds. The number of esters is 1. The molecule has 0 spiro atoms. The number of nitrogens with zero attached hydrogens (tertiary/aromatic N) is 2. The lowest BCUT2D eigenvalue weighted by Crippen LogP contribution is -2.62. The van der Waals surface area contributed by atoms with Gasteiger partial charge in [-0.3, -0.25) is 9.78 Å². The van der Waals surface area contributed by atoms with E-state index >= 15 is 0 Å². The van der Waals surface area contributed by atoms with Gasteiger partial charge in [-0.25, -0.2) is 14.4 Å². The molecule has 1 aliphatic carbocycles. The Morgan fingerprint density at radius 3 is 2.67 bits per heavy atom. The van der Waals surface area contributed by atoms with Crippen molar-refractivity contribution in [2.24, 2.45) is 11.8 Å². The molecule has 2 aliphatic rings. The van der Waals surface area contributed by atoms with E-state index in [0.29, 0.717) is 11.3 Å². The quantitative estimate of drug-likeness (QED) is 0.374. The zero-order chi connectivity index (χ0) is 27.9. The molecule has 1 unspecified atom stereocenters. The fourth-order valence-corrected chi connectivity index (χ4v) is 5.29. The van der Waals surface area contributed by atoms with Crippen molar-refractivity contribution in [2.75, 3.05) is 6.61 Å². The number of ether oxygens (including phenoxy) is 2. The summed E-state index contributed by atoms with van der Waals surface area (Å²) in [5.74, 6) is -2.62. The Hall–Kier alpha value is -4.33. The number of aromatic nitrogens is 1. The maximum Gasteiger partial charge on any atom is 0.351 e. The fraction of sp³-hybridized carbons (Fsp3) is 0.345. The Morgan fingerprint density at radius 2 is 2.00 bits per heavy atom. The minimum Gasteiger partial charge on any atom is -0.483 e. The van der Waals surface area contributed by atoms with Crippen LogP contribution in [0.2, 0.25) is 0 Å². The number of aliphatic hydroxyl groups excluding tert-OH is 1. The molecule has 200 valence electrons. The van der Waals surface area contributed by atoms with E-state index in [1.807, 2.05) is 0 Å². The standard InChI is InChI=1S/C29H26N2O8/c1-28(36,15-37-26(34)16-6-8-19(30-3)9-7-16)18-11-20-25(33)24-22(39-29(20,2)23(32)12-18)13-21(38-27(24)35)17-5-4-10-31-14-17/h4-10,13-14,18,20,23,32,36H,11-12,15H2,1-2H3/t18-,20-,23-,28?,29-/m0/s1. The molecule has 1 aliphatic heterocycles. The molecular formula is C29H26N2O8. The maximum absolute atomic E-state index is 13.6. The van der Waals surface area contributed by atoms with Gasteiger partial charge in [0.1, 0.15) is 29.3 Å². The van der Waals surface area contributed by atoms with Gasteiger partial charge in [-0.1, -0.05) is 24.3 Å². The van der Waals surface area contributed by atoms with Crippen LogP contribution >= 0.6 is 0 Å². The van der Waals surface area contributed by atoms with Crippen molar-refractivity contribution in [2.45, 2.75) is 44.0 Å². The number of aliphatic hydroxyl groups is 2. The van der Waals surface area contributed by atoms with Crippen LogP contribution in [0.15, 0.2) is 64.1 Å². The van der Waals surface area contributed by atoms with Crippen molar-refractivity contribution in [1.29, 1.82) is 0 Å². The Labute approximate surface area is 223 Å². The largest absolute Gasteiger partial charge is 0.483 e. The third kappa shape index (κ3) is 4.71. The lowest BCUT2D eigenvalue weighted by molar-refractivity contribution is -0.150. The lowest BCUT2D eigenvalue weighted by atomic mass is 9.62. The number of Topliss-reactive ketones (excluding diaryl/α,β-unsaturated/α-hetero) is 1. The van der Waals surface area contributed by atoms with Crippen molar-refractivity contribution in [1.82, 2.24) is 4.98 Å². The van der Waals surface area contributed by atoms with Crippen LogP contribution in [0.3, 0.4) is 0 Å². The SMILES string of the molecule is [C-]#[N+]c1ccc(C(=O)OCC(C)(O)[C@@H]2C[C@H](O)[C@@]3(C)Oc4cc(-c5cccnc5)oc(=O)c4C(=O)[C@@H]3C2)cc1. The third-order valence-electron chi connectivity index (χ3n) is 7.74. The predicted molar refractivity (Wildman–Crippen MR) is 137 cm³/mol. The molecule has 0 saturated heterocycles. The van der Waals surface area contributed by atoms with E-state index in [2.05, 4.69) is 9.83 Å². The molecule has 0 bridgehead atoms. The molecule has 39 heavy (non-hydrogen) atoms. The van der Waals surface area contributed by atoms with Crippen molar-refractivity contribution in [3.63, 3.8) is 0 Å². The molecule has 3 heterocycles. The van der Waals surface area contributed by atoms with Crippen molar-refractivity contribution >= 4 is 17.4 Å². The second kappa shape index (κ2) is 9.76. The van der Waals surface area contributed by atoms with Crippen molar-refractivity contribution in [3.05, 3.63) is 87.8 Å². The first-order valence-corrected chi connectivity index (χ1v) is 12.4. The highest BCUT2D eigenvalue weighted by molar-refractivity contribution is 6.02. The number of hydrogen-bond acceptors (Lipinski definition) is 9. The van der Waals surface area contributed by atoms with Crippen LogP contribution in [-0.2, 0) is 4.74 Å². The minimum absolute atomic E-state index is 0.0243. The molecule has 1 aromatic carbocycles. The summed E-state index contributed by atoms with van der Waals surface area (Å²) in [6.45, 7) is 9.69. The van der Waals surface area contributed by atoms with E-state index in [-0.39, 0.29) is 42.1 Å². The average Bonchev–Trinajstić information content (AvgIpc) is 2.92. The Balaban J connectivity index is 1.36. The van der Waals surface area contributed by atoms with E-state index in [0.717, 1.165) is 0 Å². The lowest BCUT2D eigenvalue weighted by Gasteiger charge is -2.51. The average molecular weight is 531 g/mol. The first-order chi connectivity index (χ1) is 18.5. The van der Waals surface area contributed by atoms with E-state index < -0.39 is 46.5 Å². The van der Waals surface area contributed by atoms with Crippen LogP contribution in [0, 0.1) is 18.4 Å². The molecule has 1 saturated carbocycles. The second-order valence-corrected chi connectivity index (χ2v) is 10.4. The number of ketones is 1. The molecule has 10 heteroatoms. The van der Waals surface area contributed by atoms with Crippen LogP contribution in [0.5, 0.6) is 5.75 Å². The van der Waals surface area contributed by atoms with Gasteiger partial charge in [0.15, 0.2) is 11.5 Å². The summed E-state index contributed by atoms with van der Waals surface area (Å²) in [6, 6.07) is 10.7. The number of fused-ring (bicyclic) bond motifs is 2. The summed E-state index contributed by atoms with van der Waals surface area (Å²) < 4.78 is 16.9. The Morgan fingerprint density at radius 1 is 1.26 bits per heavy atom. The number of carbonyl (C=O) groups is 2. The first kappa shape index (κ1) is 26.3. The zero-order valence-corrected chi connectivity index (χ0v) is 21.3. The van der Waals surface area contributed by atoms with E-state index in [9.17, 15) is 24.6 Å². The molecule has 2 aromatic heterocycles. The van der Waals surface area contributed by atoms with E-state index in [4.69, 9.17) is 20.5 Å². The van der Waals surface area contributed by atoms with Gasteiger partial charge in [0, 0.05) is 24.0 Å². The molecule has 2 N–H and O–H groups in total. The fourth-order valence-electron chi connectivity index (χ4n) is 5.29. The summed E-state index contributed by atoms with van der Waals surface area (Å²) in [5.41, 5.74) is -2.92. The van der Waals surface area contributed by atoms with Gasteiger partial charge in [0.2, 0.25) is 0 Å². The van der Waals surface area contributed by atoms with E-state index in [1.54, 1.807) is 25.3 Å². The minimum atomic E-state index is -1.59. The van der Waals surface area contributed by atoms with Crippen molar-refractivity contribution < 1.29 is 33.7 Å². The predicted octanol–water partition coefficient (Wildman–Crippen LogP) is 3.58. The molecule has 3 aromatic rings. The topological polar surface area (TPSA) is 141 Å². The smallest absolute Gasteiger partial charge is 0.351 e. The zero-order valence-electron chi connectivity index (χ0n) is 21.3. The monoisotopic (exact) mass is 530 g/mol. The third-order valence-corrected chi connectivity index (χ3v) is 7.74. The van der Waals surface area contributed by atoms with Crippen LogP contribution in [0.25, 0.3) is 16.2 Å². The van der Waals surface area contributed by atoms with Crippen LogP contribution in [-0.4, -0.2) is 50.9 Å². The van der Waals surface area contributed by atoms with Gasteiger partial charge in [0.05, 0.1) is 29.8 Å². The first-order valence-electron chi connectivity index (χ1n) is 12.4. The van der Waals surface area contributed by atoms with Gasteiger partial charge in [-0.15, -0.1) is 0 Å². The number of pyridine rings is 1. The summed E-state index contributed by atoms with van der Waals surface area (Å²) in [7, 11) is 0. The number of rotatable bonds is 5. The number of carbonyl (C=O) groups excluding carboxylic acids is 2. The summed E-state index contributed by atoms with van der Waals surface area (Å²) >= 11 is 0. The highest BCUT2D eigenvalue weighted by Gasteiger charge is 2.58. The van der Waals surface area contributed by atoms with Crippen molar-refractivity contribution in [3.8, 4) is 17.1 Å². The summed E-state index contributed by atoms with van der Waals surface area (Å²) in [4.78, 5) is 46.3. The maximum atomic E-state index is 13.6. The van der Waals surface area contributed by atoms with Crippen LogP contribution in [0.1, 0.15) is 47.4 Å². The summed E-state index contributed by atoms with van der Waals surface area (Å²) in [6.07, 6.45) is 2.06. The highest BCUT2D eigenvalue weighted by Crippen LogP contribution is 2.48. The second-order valence-electron chi connectivity index (χ2n) is 10.4. The van der Waals surface area contributed by atoms with Gasteiger partial charge < -0.3 is 24.1 Å². The van der Waals surface area contributed by atoms with Crippen LogP contribution < -0.4 is 10.4 Å².